The molecule has 3 aromatic carbocycles. The molecule has 12 heteroatoms. The number of nitrogens with one attached hydrogen (secondary N) is 1. The van der Waals surface area contributed by atoms with Crippen molar-refractivity contribution < 1.29 is 19.5 Å². The van der Waals surface area contributed by atoms with Crippen LogP contribution in [-0.4, -0.2) is 90.1 Å². The number of carbonyl (C=O) groups is 3. The van der Waals surface area contributed by atoms with Crippen LogP contribution in [0.5, 0.6) is 5.75 Å². The maximum atomic E-state index is 14.1. The summed E-state index contributed by atoms with van der Waals surface area (Å²) in [5.74, 6) is -0.332. The molecule has 43 heavy (non-hydrogen) atoms. The lowest BCUT2D eigenvalue weighted by Gasteiger charge is -2.54. The third-order valence-corrected chi connectivity index (χ3v) is 7.87. The number of phenolic OH excluding ortho intramolecular Hbond substituents is 1. The van der Waals surface area contributed by atoms with Crippen LogP contribution >= 0.6 is 0 Å². The zero-order valence-corrected chi connectivity index (χ0v) is 23.4. The Morgan fingerprint density at radius 3 is 2.47 bits per heavy atom. The Morgan fingerprint density at radius 2 is 1.72 bits per heavy atom. The van der Waals surface area contributed by atoms with Crippen molar-refractivity contribution in [2.24, 2.45) is 7.05 Å². The lowest BCUT2D eigenvalue weighted by Crippen LogP contribution is -2.76. The van der Waals surface area contributed by atoms with Crippen LogP contribution in [-0.2, 0) is 36.1 Å². The molecule has 0 aliphatic carbocycles. The van der Waals surface area contributed by atoms with E-state index in [-0.39, 0.29) is 57.1 Å². The highest BCUT2D eigenvalue weighted by molar-refractivity contribution is 5.92. The van der Waals surface area contributed by atoms with Gasteiger partial charge in [0.15, 0.2) is 0 Å². The summed E-state index contributed by atoms with van der Waals surface area (Å²) < 4.78 is 1.68. The zero-order valence-electron chi connectivity index (χ0n) is 23.4. The number of carbonyl (C=O) groups excluding carboxylic acids is 3. The number of phenols is 1. The summed E-state index contributed by atoms with van der Waals surface area (Å²) in [7, 11) is 3.51. The molecule has 0 radical (unpaired) electrons. The number of aromatic nitrogens is 3. The number of likely N-dealkylation sites (N-methyl/N-ethyl adjacent to an activating group) is 1. The molecule has 2 saturated heterocycles. The van der Waals surface area contributed by atoms with E-state index in [0.29, 0.717) is 6.54 Å². The Bertz CT molecular complexity index is 1620. The third kappa shape index (κ3) is 5.73. The SMILES string of the molecule is C.CN1CC(=O)N2[C@@H](Cc3ccc(O)cc3)C(=O)N(Cc3cccc4nnn(C)c34)C[C@@H]2N1C(=O)NCc1ccccc1. The summed E-state index contributed by atoms with van der Waals surface area (Å²) in [5, 5.41) is 24.3. The van der Waals surface area contributed by atoms with E-state index < -0.39 is 12.2 Å². The summed E-state index contributed by atoms with van der Waals surface area (Å²) in [6.45, 7) is 0.654. The highest BCUT2D eigenvalue weighted by Gasteiger charge is 2.50. The first-order chi connectivity index (χ1) is 20.3. The molecule has 2 fully saturated rings. The number of urea groups is 1. The van der Waals surface area contributed by atoms with Crippen molar-refractivity contribution in [3.05, 3.63) is 89.5 Å². The third-order valence-electron chi connectivity index (χ3n) is 7.87. The van der Waals surface area contributed by atoms with E-state index in [1.54, 1.807) is 62.9 Å². The molecule has 224 valence electrons. The van der Waals surface area contributed by atoms with Gasteiger partial charge in [-0.1, -0.05) is 67.2 Å². The summed E-state index contributed by atoms with van der Waals surface area (Å²) in [6.07, 6.45) is -0.492. The van der Waals surface area contributed by atoms with Gasteiger partial charge < -0.3 is 20.2 Å². The number of nitrogens with zero attached hydrogens (tertiary/aromatic N) is 7. The molecule has 2 atom stereocenters. The number of aryl methyl sites for hydroxylation is 1. The molecule has 3 heterocycles. The number of rotatable bonds is 6. The highest BCUT2D eigenvalue weighted by Crippen LogP contribution is 2.30. The van der Waals surface area contributed by atoms with Gasteiger partial charge in [0.1, 0.15) is 23.5 Å². The molecule has 2 N–H and O–H groups in total. The molecule has 0 spiro atoms. The molecule has 0 bridgehead atoms. The number of hydrogen-bond donors (Lipinski definition) is 2. The van der Waals surface area contributed by atoms with E-state index in [0.717, 1.165) is 27.7 Å². The Balaban J connectivity index is 0.00000368. The fourth-order valence-electron chi connectivity index (χ4n) is 5.88. The van der Waals surface area contributed by atoms with Crippen molar-refractivity contribution in [3.8, 4) is 5.75 Å². The predicted molar refractivity (Wildman–Crippen MR) is 160 cm³/mol. The number of amides is 4. The number of piperazine rings is 1. The van der Waals surface area contributed by atoms with E-state index in [1.165, 1.54) is 0 Å². The van der Waals surface area contributed by atoms with E-state index in [9.17, 15) is 19.5 Å². The average molecular weight is 585 g/mol. The number of benzene rings is 3. The minimum atomic E-state index is -0.845. The van der Waals surface area contributed by atoms with Gasteiger partial charge in [-0.15, -0.1) is 5.10 Å². The monoisotopic (exact) mass is 584 g/mol. The van der Waals surface area contributed by atoms with Crippen LogP contribution in [0.2, 0.25) is 0 Å². The molecule has 2 aliphatic heterocycles. The minimum absolute atomic E-state index is 0. The second kappa shape index (κ2) is 12.1. The van der Waals surface area contributed by atoms with Gasteiger partial charge in [0.25, 0.3) is 0 Å². The van der Waals surface area contributed by atoms with E-state index in [2.05, 4.69) is 15.6 Å². The number of para-hydroxylation sites is 1. The van der Waals surface area contributed by atoms with Crippen molar-refractivity contribution in [2.75, 3.05) is 20.1 Å². The summed E-state index contributed by atoms with van der Waals surface area (Å²) in [6, 6.07) is 20.7. The number of hydrogen-bond acceptors (Lipinski definition) is 7. The van der Waals surface area contributed by atoms with Gasteiger partial charge in [0.2, 0.25) is 11.8 Å². The standard InChI is InChI=1S/C30H32N8O4.CH4/c1-34-19-27(40)37-25(15-20-11-13-23(39)14-12-20)29(41)36(17-22-9-6-10-24-28(22)35(2)33-32-24)18-26(37)38(34)30(42)31-16-21-7-4-3-5-8-21;/h3-14,25-26,39H,15-19H2,1-2H3,(H,31,42);1H4/t25-,26-;/m0./s1. The van der Waals surface area contributed by atoms with E-state index >= 15 is 0 Å². The van der Waals surface area contributed by atoms with E-state index in [1.807, 2.05) is 48.5 Å². The van der Waals surface area contributed by atoms with Gasteiger partial charge in [-0.3, -0.25) is 9.59 Å². The molecule has 2 aliphatic rings. The van der Waals surface area contributed by atoms with Crippen LogP contribution < -0.4 is 5.32 Å². The van der Waals surface area contributed by atoms with Gasteiger partial charge in [-0.05, 0) is 34.9 Å². The van der Waals surface area contributed by atoms with Crippen LogP contribution in [0.25, 0.3) is 11.0 Å². The second-order valence-electron chi connectivity index (χ2n) is 10.7. The van der Waals surface area contributed by atoms with Gasteiger partial charge in [-0.25, -0.2) is 19.5 Å². The fourth-order valence-corrected chi connectivity index (χ4v) is 5.88. The summed E-state index contributed by atoms with van der Waals surface area (Å²) in [5.41, 5.74) is 4.13. The maximum absolute atomic E-state index is 14.1. The van der Waals surface area contributed by atoms with Gasteiger partial charge in [-0.2, -0.15) is 0 Å². The van der Waals surface area contributed by atoms with Crippen LogP contribution in [0.1, 0.15) is 24.1 Å². The van der Waals surface area contributed by atoms with Crippen molar-refractivity contribution in [3.63, 3.8) is 0 Å². The minimum Gasteiger partial charge on any atom is -0.508 e. The van der Waals surface area contributed by atoms with Crippen molar-refractivity contribution in [1.29, 1.82) is 0 Å². The number of fused-ring (bicyclic) bond motifs is 2. The highest BCUT2D eigenvalue weighted by atomic mass is 16.3. The van der Waals surface area contributed by atoms with Crippen LogP contribution in [0.4, 0.5) is 4.79 Å². The molecular formula is C31H36N8O4. The molecule has 4 amide bonds. The lowest BCUT2D eigenvalue weighted by atomic mass is 9.98. The first kappa shape index (κ1) is 29.5. The van der Waals surface area contributed by atoms with Crippen LogP contribution in [0.3, 0.4) is 0 Å². The molecular weight excluding hydrogens is 548 g/mol. The molecule has 0 unspecified atom stereocenters. The smallest absolute Gasteiger partial charge is 0.334 e. The Morgan fingerprint density at radius 1 is 0.977 bits per heavy atom. The molecule has 1 aromatic heterocycles. The largest absolute Gasteiger partial charge is 0.508 e. The Hall–Kier alpha value is -4.97. The lowest BCUT2D eigenvalue weighted by molar-refractivity contribution is -0.187. The van der Waals surface area contributed by atoms with Crippen LogP contribution in [0, 0.1) is 0 Å². The summed E-state index contributed by atoms with van der Waals surface area (Å²) >= 11 is 0. The Kier molecular flexibility index (Phi) is 8.31. The molecule has 4 aromatic rings. The van der Waals surface area contributed by atoms with Crippen molar-refractivity contribution >= 4 is 28.9 Å². The van der Waals surface area contributed by atoms with Crippen molar-refractivity contribution in [2.45, 2.75) is 39.1 Å². The van der Waals surface area contributed by atoms with Crippen molar-refractivity contribution in [1.82, 2.24) is 40.1 Å². The van der Waals surface area contributed by atoms with Gasteiger partial charge >= 0.3 is 6.03 Å². The topological polar surface area (TPSA) is 127 Å². The predicted octanol–water partition coefficient (Wildman–Crippen LogP) is 2.49. The van der Waals surface area contributed by atoms with Crippen LogP contribution in [0.15, 0.2) is 72.8 Å². The normalized spacial score (nSPS) is 18.9. The Labute approximate surface area is 250 Å². The fraction of sp³-hybridized carbons (Fsp3) is 0.323. The maximum Gasteiger partial charge on any atom is 0.334 e. The van der Waals surface area contributed by atoms with Gasteiger partial charge in [0.05, 0.1) is 18.6 Å². The average Bonchev–Trinajstić information content (AvgIpc) is 3.37. The first-order valence-corrected chi connectivity index (χ1v) is 13.8. The quantitative estimate of drug-likeness (QED) is 0.357. The number of hydrazine groups is 1. The summed E-state index contributed by atoms with van der Waals surface area (Å²) in [4.78, 5) is 44.6. The number of aromatic hydroxyl groups is 1. The second-order valence-corrected chi connectivity index (χ2v) is 10.7. The van der Waals surface area contributed by atoms with Gasteiger partial charge in [0, 0.05) is 33.6 Å². The zero-order chi connectivity index (χ0) is 29.4. The molecule has 6 rings (SSSR count). The van der Waals surface area contributed by atoms with E-state index in [4.69, 9.17) is 0 Å². The first-order valence-electron chi connectivity index (χ1n) is 13.8. The molecule has 12 nitrogen and oxygen atoms in total. The molecule has 0 saturated carbocycles.